The van der Waals surface area contributed by atoms with Gasteiger partial charge in [-0.25, -0.2) is 0 Å². The first-order chi connectivity index (χ1) is 5.65. The van der Waals surface area contributed by atoms with Crippen LogP contribution < -0.4 is 11.5 Å². The molecule has 0 unspecified atom stereocenters. The van der Waals surface area contributed by atoms with Crippen molar-refractivity contribution < 1.29 is 0 Å². The molecule has 2 nitrogen and oxygen atoms in total. The maximum absolute atomic E-state index is 5.83. The molecule has 4 heteroatoms. The molecule has 0 aromatic heterocycles. The van der Waals surface area contributed by atoms with Crippen molar-refractivity contribution in [3.63, 3.8) is 0 Å². The molecule has 0 fully saturated rings. The van der Waals surface area contributed by atoms with E-state index in [1.807, 2.05) is 0 Å². The summed E-state index contributed by atoms with van der Waals surface area (Å²) in [5.74, 6) is 0. The Labute approximate surface area is 99.4 Å². The molecule has 4 N–H and O–H groups in total. The molecule has 0 heterocycles. The largest absolute Gasteiger partial charge is 0.329 e. The highest BCUT2D eigenvalue weighted by Crippen LogP contribution is 2.20. The summed E-state index contributed by atoms with van der Waals surface area (Å²) in [6.07, 6.45) is 0. The molecule has 0 radical (unpaired) electrons. The molecule has 12 heavy (non-hydrogen) atoms. The van der Waals surface area contributed by atoms with E-state index in [2.05, 4.69) is 63.4 Å². The van der Waals surface area contributed by atoms with Crippen LogP contribution in [0.5, 0.6) is 0 Å². The van der Waals surface area contributed by atoms with E-state index in [-0.39, 0.29) is 6.04 Å². The Morgan fingerprint density at radius 1 is 1.33 bits per heavy atom. The van der Waals surface area contributed by atoms with Crippen molar-refractivity contribution in [3.05, 3.63) is 30.9 Å². The van der Waals surface area contributed by atoms with Crippen molar-refractivity contribution in [2.45, 2.75) is 6.04 Å². The fraction of sp³-hybridized carbons (Fsp3) is 0.250. The number of rotatable bonds is 2. The van der Waals surface area contributed by atoms with Crippen LogP contribution in [0.1, 0.15) is 11.6 Å². The van der Waals surface area contributed by atoms with E-state index in [1.165, 1.54) is 7.14 Å². The predicted octanol–water partition coefficient (Wildman–Crippen LogP) is 1.85. The molecule has 1 aromatic rings. The van der Waals surface area contributed by atoms with Gasteiger partial charge in [0.2, 0.25) is 0 Å². The summed E-state index contributed by atoms with van der Waals surface area (Å²) in [5, 5.41) is 0. The van der Waals surface area contributed by atoms with Crippen LogP contribution in [0.4, 0.5) is 0 Å². The summed E-state index contributed by atoms with van der Waals surface area (Å²) >= 11 is 4.55. The number of halogens is 2. The first-order valence-corrected chi connectivity index (χ1v) is 5.71. The maximum atomic E-state index is 5.83. The van der Waals surface area contributed by atoms with Crippen LogP contribution in [-0.4, -0.2) is 6.54 Å². The summed E-state index contributed by atoms with van der Waals surface area (Å²) in [5.41, 5.74) is 12.5. The third-order valence-corrected chi connectivity index (χ3v) is 3.26. The van der Waals surface area contributed by atoms with Gasteiger partial charge in [0, 0.05) is 19.7 Å². The lowest BCUT2D eigenvalue weighted by molar-refractivity contribution is 0.732. The van der Waals surface area contributed by atoms with Crippen molar-refractivity contribution >= 4 is 45.2 Å². The number of hydrogen-bond donors (Lipinski definition) is 2. The summed E-state index contributed by atoms with van der Waals surface area (Å²) in [7, 11) is 0. The Balaban J connectivity index is 3.04. The van der Waals surface area contributed by atoms with E-state index in [0.717, 1.165) is 5.56 Å². The summed E-state index contributed by atoms with van der Waals surface area (Å²) in [6, 6.07) is 6.17. The minimum absolute atomic E-state index is 0.0355. The first-order valence-electron chi connectivity index (χ1n) is 3.55. The fourth-order valence-corrected chi connectivity index (χ4v) is 2.18. The van der Waals surface area contributed by atoms with Crippen molar-refractivity contribution in [2.24, 2.45) is 11.5 Å². The van der Waals surface area contributed by atoms with E-state index < -0.39 is 0 Å². The van der Waals surface area contributed by atoms with Gasteiger partial charge in [0.1, 0.15) is 0 Å². The summed E-state index contributed by atoms with van der Waals surface area (Å²) in [4.78, 5) is 0. The molecule has 0 aliphatic heterocycles. The Hall–Kier alpha value is 0.600. The average Bonchev–Trinajstić information content (AvgIpc) is 2.08. The van der Waals surface area contributed by atoms with E-state index in [9.17, 15) is 0 Å². The van der Waals surface area contributed by atoms with Crippen molar-refractivity contribution in [1.82, 2.24) is 0 Å². The van der Waals surface area contributed by atoms with E-state index >= 15 is 0 Å². The van der Waals surface area contributed by atoms with Crippen LogP contribution in [-0.2, 0) is 0 Å². The molecule has 0 spiro atoms. The van der Waals surface area contributed by atoms with Gasteiger partial charge in [-0.3, -0.25) is 0 Å². The molecule has 1 atom stereocenters. The molecule has 0 amide bonds. The van der Waals surface area contributed by atoms with Gasteiger partial charge in [-0.2, -0.15) is 0 Å². The molecule has 0 aliphatic rings. The maximum Gasteiger partial charge on any atom is 0.0430 e. The average molecular weight is 388 g/mol. The van der Waals surface area contributed by atoms with Gasteiger partial charge in [0.15, 0.2) is 0 Å². The topological polar surface area (TPSA) is 52.0 Å². The molecule has 0 saturated heterocycles. The smallest absolute Gasteiger partial charge is 0.0430 e. The summed E-state index contributed by atoms with van der Waals surface area (Å²) in [6.45, 7) is 0.496. The van der Waals surface area contributed by atoms with Gasteiger partial charge in [0.05, 0.1) is 0 Å². The van der Waals surface area contributed by atoms with E-state index in [4.69, 9.17) is 11.5 Å². The molecule has 1 aromatic carbocycles. The van der Waals surface area contributed by atoms with Gasteiger partial charge in [-0.05, 0) is 68.9 Å². The van der Waals surface area contributed by atoms with E-state index in [0.29, 0.717) is 6.54 Å². The molecular weight excluding hydrogens is 378 g/mol. The Morgan fingerprint density at radius 3 is 2.58 bits per heavy atom. The Bertz CT molecular complexity index is 276. The third kappa shape index (κ3) is 2.54. The number of hydrogen-bond acceptors (Lipinski definition) is 2. The standard InChI is InChI=1S/C8H10I2N2/c9-5-1-2-7(10)6(3-5)8(12)4-11/h1-3,8H,4,11-12H2/t8-/m1/s1. The quantitative estimate of drug-likeness (QED) is 0.761. The SMILES string of the molecule is NC[C@@H](N)c1cc(I)ccc1I. The van der Waals surface area contributed by atoms with Crippen LogP contribution in [0.2, 0.25) is 0 Å². The Morgan fingerprint density at radius 2 is 2.00 bits per heavy atom. The summed E-state index contributed by atoms with van der Waals surface area (Å²) < 4.78 is 2.39. The third-order valence-electron chi connectivity index (χ3n) is 1.61. The highest BCUT2D eigenvalue weighted by molar-refractivity contribution is 14.1. The predicted molar refractivity (Wildman–Crippen MR) is 67.9 cm³/mol. The Kier molecular flexibility index (Phi) is 4.21. The van der Waals surface area contributed by atoms with Crippen LogP contribution >= 0.6 is 45.2 Å². The second-order valence-corrected chi connectivity index (χ2v) is 4.92. The van der Waals surface area contributed by atoms with Crippen LogP contribution in [0, 0.1) is 7.14 Å². The van der Waals surface area contributed by atoms with Gasteiger partial charge in [-0.1, -0.05) is 0 Å². The zero-order valence-corrected chi connectivity index (χ0v) is 10.7. The fourth-order valence-electron chi connectivity index (χ4n) is 0.926. The van der Waals surface area contributed by atoms with Crippen LogP contribution in [0.3, 0.4) is 0 Å². The highest BCUT2D eigenvalue weighted by Gasteiger charge is 2.07. The monoisotopic (exact) mass is 388 g/mol. The van der Waals surface area contributed by atoms with Crippen LogP contribution in [0.15, 0.2) is 18.2 Å². The lowest BCUT2D eigenvalue weighted by Crippen LogP contribution is -2.21. The number of nitrogens with two attached hydrogens (primary N) is 2. The minimum atomic E-state index is -0.0355. The zero-order chi connectivity index (χ0) is 9.14. The van der Waals surface area contributed by atoms with Gasteiger partial charge < -0.3 is 11.5 Å². The molecular formula is C8H10I2N2. The first kappa shape index (κ1) is 10.7. The second kappa shape index (κ2) is 4.73. The normalized spacial score (nSPS) is 13.0. The molecule has 0 aliphatic carbocycles. The van der Waals surface area contributed by atoms with Crippen molar-refractivity contribution in [1.29, 1.82) is 0 Å². The van der Waals surface area contributed by atoms with Crippen LogP contribution in [0.25, 0.3) is 0 Å². The minimum Gasteiger partial charge on any atom is -0.329 e. The van der Waals surface area contributed by atoms with E-state index in [1.54, 1.807) is 0 Å². The van der Waals surface area contributed by atoms with Gasteiger partial charge in [-0.15, -0.1) is 0 Å². The zero-order valence-electron chi connectivity index (χ0n) is 6.43. The molecule has 1 rings (SSSR count). The molecule has 66 valence electrons. The van der Waals surface area contributed by atoms with Gasteiger partial charge >= 0.3 is 0 Å². The van der Waals surface area contributed by atoms with Gasteiger partial charge in [0.25, 0.3) is 0 Å². The highest BCUT2D eigenvalue weighted by atomic mass is 127. The molecule has 0 bridgehead atoms. The second-order valence-electron chi connectivity index (χ2n) is 2.51. The molecule has 0 saturated carbocycles. The lowest BCUT2D eigenvalue weighted by Gasteiger charge is -2.11. The number of benzene rings is 1. The lowest BCUT2D eigenvalue weighted by atomic mass is 10.1. The van der Waals surface area contributed by atoms with Crippen molar-refractivity contribution in [3.8, 4) is 0 Å². The van der Waals surface area contributed by atoms with Crippen molar-refractivity contribution in [2.75, 3.05) is 6.54 Å².